The number of nitrogens with zero attached hydrogens (tertiary/aromatic N) is 2. The third kappa shape index (κ3) is 3.84. The molecule has 2 aliphatic heterocycles. The van der Waals surface area contributed by atoms with Crippen molar-refractivity contribution >= 4 is 28.9 Å². The molecule has 0 spiro atoms. The first-order valence-electron chi connectivity index (χ1n) is 7.86. The molecule has 2 heterocycles. The highest BCUT2D eigenvalue weighted by atomic mass is 35.5. The lowest BCUT2D eigenvalue weighted by atomic mass is 9.99. The lowest BCUT2D eigenvalue weighted by Gasteiger charge is -2.38. The molecule has 1 N–H and O–H groups in total. The second-order valence-electron chi connectivity index (χ2n) is 6.07. The Kier molecular flexibility index (Phi) is 5.28. The van der Waals surface area contributed by atoms with E-state index in [0.717, 1.165) is 47.8 Å². The highest BCUT2D eigenvalue weighted by Crippen LogP contribution is 2.34. The van der Waals surface area contributed by atoms with Crippen LogP contribution in [0.2, 0.25) is 10.0 Å². The van der Waals surface area contributed by atoms with E-state index in [0.29, 0.717) is 0 Å². The van der Waals surface area contributed by atoms with Gasteiger partial charge in [0.2, 0.25) is 0 Å². The molecule has 5 heteroatoms. The normalized spacial score (nSPS) is 24.3. The lowest BCUT2D eigenvalue weighted by molar-refractivity contribution is 0.199. The molecule has 1 aromatic rings. The van der Waals surface area contributed by atoms with E-state index in [1.165, 1.54) is 32.5 Å². The predicted octanol–water partition coefficient (Wildman–Crippen LogP) is 3.12. The summed E-state index contributed by atoms with van der Waals surface area (Å²) in [5.74, 6) is 0.814. The van der Waals surface area contributed by atoms with Crippen LogP contribution < -0.4 is 10.2 Å². The maximum atomic E-state index is 6.31. The van der Waals surface area contributed by atoms with Crippen molar-refractivity contribution in [2.45, 2.75) is 12.8 Å². The number of para-hydroxylation sites is 1. The number of hydrogen-bond donors (Lipinski definition) is 1. The molecule has 3 nitrogen and oxygen atoms in total. The summed E-state index contributed by atoms with van der Waals surface area (Å²) in [7, 11) is 0. The Labute approximate surface area is 137 Å². The monoisotopic (exact) mass is 327 g/mol. The van der Waals surface area contributed by atoms with Crippen LogP contribution in [-0.4, -0.2) is 50.7 Å². The Balaban J connectivity index is 1.55. The average Bonchev–Trinajstić information content (AvgIpc) is 2.50. The minimum absolute atomic E-state index is 0.757. The SMILES string of the molecule is Clc1cccc(Cl)c1N1CCN(CC2CCCNC2)CC1. The summed E-state index contributed by atoms with van der Waals surface area (Å²) in [5.41, 5.74) is 1.000. The quantitative estimate of drug-likeness (QED) is 0.920. The van der Waals surface area contributed by atoms with E-state index in [1.54, 1.807) is 0 Å². The highest BCUT2D eigenvalue weighted by Gasteiger charge is 2.23. The van der Waals surface area contributed by atoms with Crippen molar-refractivity contribution in [3.05, 3.63) is 28.2 Å². The number of rotatable bonds is 3. The van der Waals surface area contributed by atoms with Crippen LogP contribution in [0.1, 0.15) is 12.8 Å². The average molecular weight is 328 g/mol. The molecule has 21 heavy (non-hydrogen) atoms. The molecule has 0 saturated carbocycles. The summed E-state index contributed by atoms with van der Waals surface area (Å²) in [4.78, 5) is 4.90. The summed E-state index contributed by atoms with van der Waals surface area (Å²) >= 11 is 12.6. The molecule has 1 atom stereocenters. The summed E-state index contributed by atoms with van der Waals surface area (Å²) in [6, 6.07) is 5.74. The zero-order valence-corrected chi connectivity index (χ0v) is 13.8. The van der Waals surface area contributed by atoms with Crippen LogP contribution in [0.15, 0.2) is 18.2 Å². The van der Waals surface area contributed by atoms with Gasteiger partial charge in [-0.25, -0.2) is 0 Å². The fourth-order valence-electron chi connectivity index (χ4n) is 3.39. The van der Waals surface area contributed by atoms with Gasteiger partial charge in [-0.05, 0) is 44.0 Å². The maximum absolute atomic E-state index is 6.31. The molecule has 2 saturated heterocycles. The van der Waals surface area contributed by atoms with Gasteiger partial charge in [0.05, 0.1) is 15.7 Å². The first kappa shape index (κ1) is 15.4. The lowest BCUT2D eigenvalue weighted by Crippen LogP contribution is -2.49. The molecule has 1 aromatic carbocycles. The van der Waals surface area contributed by atoms with E-state index < -0.39 is 0 Å². The zero-order chi connectivity index (χ0) is 14.7. The molecule has 0 radical (unpaired) electrons. The van der Waals surface area contributed by atoms with Crippen molar-refractivity contribution in [3.63, 3.8) is 0 Å². The summed E-state index contributed by atoms with van der Waals surface area (Å²) in [6.45, 7) is 7.78. The number of hydrogen-bond acceptors (Lipinski definition) is 3. The smallest absolute Gasteiger partial charge is 0.0745 e. The standard InChI is InChI=1S/C16H23Cl2N3/c17-14-4-1-5-15(18)16(14)21-9-7-20(8-10-21)12-13-3-2-6-19-11-13/h1,4-5,13,19H,2-3,6-12H2. The predicted molar refractivity (Wildman–Crippen MR) is 90.7 cm³/mol. The molecule has 2 fully saturated rings. The van der Waals surface area contributed by atoms with Gasteiger partial charge in [0.1, 0.15) is 0 Å². The van der Waals surface area contributed by atoms with Gasteiger partial charge in [0.25, 0.3) is 0 Å². The Hall–Kier alpha value is -0.480. The Morgan fingerprint density at radius 3 is 2.43 bits per heavy atom. The van der Waals surface area contributed by atoms with E-state index >= 15 is 0 Å². The van der Waals surface area contributed by atoms with Crippen LogP contribution in [0.5, 0.6) is 0 Å². The van der Waals surface area contributed by atoms with Gasteiger partial charge in [-0.15, -0.1) is 0 Å². The second kappa shape index (κ2) is 7.19. The van der Waals surface area contributed by atoms with Gasteiger partial charge in [-0.3, -0.25) is 4.90 Å². The van der Waals surface area contributed by atoms with Crippen LogP contribution in [0.4, 0.5) is 5.69 Å². The molecule has 0 bridgehead atoms. The van der Waals surface area contributed by atoms with Gasteiger partial charge in [-0.2, -0.15) is 0 Å². The summed E-state index contributed by atoms with van der Waals surface area (Å²) in [6.07, 6.45) is 2.68. The van der Waals surface area contributed by atoms with E-state index in [2.05, 4.69) is 15.1 Å². The fourth-order valence-corrected chi connectivity index (χ4v) is 4.03. The largest absolute Gasteiger partial charge is 0.367 e. The summed E-state index contributed by atoms with van der Waals surface area (Å²) < 4.78 is 0. The molecular weight excluding hydrogens is 305 g/mol. The molecule has 0 aliphatic carbocycles. The van der Waals surface area contributed by atoms with E-state index in [-0.39, 0.29) is 0 Å². The van der Waals surface area contributed by atoms with Crippen molar-refractivity contribution in [2.75, 3.05) is 50.7 Å². The zero-order valence-electron chi connectivity index (χ0n) is 12.3. The van der Waals surface area contributed by atoms with Crippen molar-refractivity contribution in [3.8, 4) is 0 Å². The molecule has 3 rings (SSSR count). The van der Waals surface area contributed by atoms with Crippen LogP contribution in [0.3, 0.4) is 0 Å². The molecular formula is C16H23Cl2N3. The third-order valence-electron chi connectivity index (χ3n) is 4.54. The molecule has 1 unspecified atom stereocenters. The van der Waals surface area contributed by atoms with Crippen LogP contribution >= 0.6 is 23.2 Å². The molecule has 2 aliphatic rings. The van der Waals surface area contributed by atoms with Gasteiger partial charge >= 0.3 is 0 Å². The van der Waals surface area contributed by atoms with E-state index in [4.69, 9.17) is 23.2 Å². The number of halogens is 2. The fraction of sp³-hybridized carbons (Fsp3) is 0.625. The molecule has 0 amide bonds. The number of piperidine rings is 1. The van der Waals surface area contributed by atoms with Crippen molar-refractivity contribution < 1.29 is 0 Å². The van der Waals surface area contributed by atoms with Gasteiger partial charge in [-0.1, -0.05) is 29.3 Å². The topological polar surface area (TPSA) is 18.5 Å². The number of anilines is 1. The van der Waals surface area contributed by atoms with E-state index in [1.807, 2.05) is 18.2 Å². The third-order valence-corrected chi connectivity index (χ3v) is 5.15. The number of nitrogens with one attached hydrogen (secondary N) is 1. The Morgan fingerprint density at radius 2 is 1.81 bits per heavy atom. The molecule has 0 aromatic heterocycles. The number of piperazine rings is 1. The van der Waals surface area contributed by atoms with Crippen LogP contribution in [0, 0.1) is 5.92 Å². The highest BCUT2D eigenvalue weighted by molar-refractivity contribution is 6.39. The minimum atomic E-state index is 0.757. The van der Waals surface area contributed by atoms with E-state index in [9.17, 15) is 0 Å². The van der Waals surface area contributed by atoms with Crippen molar-refractivity contribution in [1.29, 1.82) is 0 Å². The molecule has 116 valence electrons. The first-order valence-corrected chi connectivity index (χ1v) is 8.61. The minimum Gasteiger partial charge on any atom is -0.367 e. The van der Waals surface area contributed by atoms with Crippen LogP contribution in [0.25, 0.3) is 0 Å². The maximum Gasteiger partial charge on any atom is 0.0745 e. The second-order valence-corrected chi connectivity index (χ2v) is 6.88. The Morgan fingerprint density at radius 1 is 1.10 bits per heavy atom. The summed E-state index contributed by atoms with van der Waals surface area (Å²) in [5, 5.41) is 5.02. The van der Waals surface area contributed by atoms with Crippen LogP contribution in [-0.2, 0) is 0 Å². The van der Waals surface area contributed by atoms with Gasteiger partial charge in [0.15, 0.2) is 0 Å². The van der Waals surface area contributed by atoms with Gasteiger partial charge in [0, 0.05) is 32.7 Å². The van der Waals surface area contributed by atoms with Crippen molar-refractivity contribution in [1.82, 2.24) is 10.2 Å². The van der Waals surface area contributed by atoms with Crippen molar-refractivity contribution in [2.24, 2.45) is 5.92 Å². The first-order chi connectivity index (χ1) is 10.2. The number of benzene rings is 1. The van der Waals surface area contributed by atoms with Gasteiger partial charge < -0.3 is 10.2 Å². The Bertz CT molecular complexity index is 446.